The lowest BCUT2D eigenvalue weighted by Crippen LogP contribution is -2.53. The third-order valence-corrected chi connectivity index (χ3v) is 5.76. The van der Waals surface area contributed by atoms with Crippen molar-refractivity contribution in [3.63, 3.8) is 0 Å². The van der Waals surface area contributed by atoms with Crippen LogP contribution in [-0.4, -0.2) is 60.9 Å². The second-order valence-corrected chi connectivity index (χ2v) is 8.97. The number of aryl methyl sites for hydroxylation is 1. The van der Waals surface area contributed by atoms with Crippen molar-refractivity contribution in [3.8, 4) is 0 Å². The molecular weight excluding hydrogens is 338 g/mol. The van der Waals surface area contributed by atoms with Gasteiger partial charge in [-0.1, -0.05) is 39.0 Å². The number of carbonyl (C=O) groups excluding carboxylic acids is 2. The first-order chi connectivity index (χ1) is 12.8. The molecule has 0 saturated carbocycles. The second-order valence-electron chi connectivity index (χ2n) is 8.97. The van der Waals surface area contributed by atoms with Crippen molar-refractivity contribution in [2.75, 3.05) is 38.1 Å². The molecule has 148 valence electrons. The van der Waals surface area contributed by atoms with E-state index in [1.165, 1.54) is 5.56 Å². The van der Waals surface area contributed by atoms with Crippen LogP contribution in [0, 0.1) is 5.41 Å². The molecule has 0 radical (unpaired) electrons. The van der Waals surface area contributed by atoms with Crippen molar-refractivity contribution in [1.82, 2.24) is 9.80 Å². The number of fused-ring (bicyclic) bond motifs is 1. The number of likely N-dealkylation sites (N-methyl/N-ethyl adjacent to an activating group) is 1. The van der Waals surface area contributed by atoms with E-state index < -0.39 is 0 Å². The Kier molecular flexibility index (Phi) is 5.89. The maximum atomic E-state index is 13.0. The first kappa shape index (κ1) is 19.9. The molecule has 1 aromatic rings. The Morgan fingerprint density at radius 3 is 2.63 bits per heavy atom. The van der Waals surface area contributed by atoms with Crippen LogP contribution in [0.2, 0.25) is 0 Å². The van der Waals surface area contributed by atoms with Crippen molar-refractivity contribution in [3.05, 3.63) is 29.8 Å². The van der Waals surface area contributed by atoms with E-state index in [9.17, 15) is 9.59 Å². The molecule has 1 atom stereocenters. The van der Waals surface area contributed by atoms with Gasteiger partial charge in [0.25, 0.3) is 0 Å². The number of benzene rings is 1. The highest BCUT2D eigenvalue weighted by atomic mass is 16.2. The standard InChI is InChI=1S/C22H33N3O2/c1-22(2,3)21(27)23(4)18-11-8-13-24(15-18)16-20(26)25-14-7-10-17-9-5-6-12-19(17)25/h5-6,9,12,18H,7-8,10-11,13-16H2,1-4H3. The average molecular weight is 372 g/mol. The van der Waals surface area contributed by atoms with Crippen LogP contribution in [0.3, 0.4) is 0 Å². The molecule has 0 N–H and O–H groups in total. The minimum Gasteiger partial charge on any atom is -0.341 e. The van der Waals surface area contributed by atoms with Gasteiger partial charge in [0.2, 0.25) is 11.8 Å². The molecule has 2 amide bonds. The summed E-state index contributed by atoms with van der Waals surface area (Å²) in [6.45, 7) is 8.82. The number of likely N-dealkylation sites (tertiary alicyclic amines) is 1. The summed E-state index contributed by atoms with van der Waals surface area (Å²) in [6.07, 6.45) is 4.10. The number of anilines is 1. The van der Waals surface area contributed by atoms with Crippen LogP contribution in [0.5, 0.6) is 0 Å². The zero-order valence-corrected chi connectivity index (χ0v) is 17.2. The number of para-hydroxylation sites is 1. The Balaban J connectivity index is 1.63. The van der Waals surface area contributed by atoms with E-state index in [2.05, 4.69) is 17.0 Å². The predicted octanol–water partition coefficient (Wildman–Crippen LogP) is 2.93. The maximum Gasteiger partial charge on any atom is 0.241 e. The Morgan fingerprint density at radius 1 is 1.15 bits per heavy atom. The zero-order chi connectivity index (χ0) is 19.6. The highest BCUT2D eigenvalue weighted by molar-refractivity contribution is 5.96. The van der Waals surface area contributed by atoms with Crippen LogP contribution in [0.4, 0.5) is 5.69 Å². The summed E-state index contributed by atoms with van der Waals surface area (Å²) >= 11 is 0. The van der Waals surface area contributed by atoms with E-state index in [1.807, 2.05) is 49.8 Å². The van der Waals surface area contributed by atoms with Gasteiger partial charge >= 0.3 is 0 Å². The number of carbonyl (C=O) groups is 2. The van der Waals surface area contributed by atoms with Crippen LogP contribution < -0.4 is 4.90 Å². The van der Waals surface area contributed by atoms with Crippen LogP contribution in [-0.2, 0) is 16.0 Å². The van der Waals surface area contributed by atoms with E-state index in [1.54, 1.807) is 0 Å². The monoisotopic (exact) mass is 371 g/mol. The van der Waals surface area contributed by atoms with Crippen LogP contribution >= 0.6 is 0 Å². The molecule has 0 spiro atoms. The first-order valence-corrected chi connectivity index (χ1v) is 10.2. The summed E-state index contributed by atoms with van der Waals surface area (Å²) in [5.74, 6) is 0.346. The SMILES string of the molecule is CN(C(=O)C(C)(C)C)C1CCCN(CC(=O)N2CCCc3ccccc32)C1. The highest BCUT2D eigenvalue weighted by Crippen LogP contribution is 2.27. The van der Waals surface area contributed by atoms with Crippen molar-refractivity contribution in [2.24, 2.45) is 5.41 Å². The van der Waals surface area contributed by atoms with Gasteiger partial charge in [-0.25, -0.2) is 0 Å². The molecule has 5 nitrogen and oxygen atoms in total. The number of amides is 2. The maximum absolute atomic E-state index is 13.0. The summed E-state index contributed by atoms with van der Waals surface area (Å²) in [7, 11) is 1.91. The smallest absolute Gasteiger partial charge is 0.241 e. The van der Waals surface area contributed by atoms with Gasteiger partial charge in [0.05, 0.1) is 6.54 Å². The van der Waals surface area contributed by atoms with Gasteiger partial charge in [-0.15, -0.1) is 0 Å². The number of nitrogens with zero attached hydrogens (tertiary/aromatic N) is 3. The Hall–Kier alpha value is -1.88. The lowest BCUT2D eigenvalue weighted by Gasteiger charge is -2.40. The van der Waals surface area contributed by atoms with Gasteiger partial charge in [0, 0.05) is 37.3 Å². The second kappa shape index (κ2) is 8.01. The Bertz CT molecular complexity index is 695. The molecule has 27 heavy (non-hydrogen) atoms. The number of piperidine rings is 1. The lowest BCUT2D eigenvalue weighted by atomic mass is 9.93. The van der Waals surface area contributed by atoms with E-state index in [4.69, 9.17) is 0 Å². The number of hydrogen-bond acceptors (Lipinski definition) is 3. The molecule has 0 aromatic heterocycles. The molecule has 1 unspecified atom stereocenters. The molecule has 2 aliphatic rings. The minimum absolute atomic E-state index is 0.172. The summed E-state index contributed by atoms with van der Waals surface area (Å²) < 4.78 is 0. The van der Waals surface area contributed by atoms with Crippen molar-refractivity contribution in [1.29, 1.82) is 0 Å². The molecule has 1 aromatic carbocycles. The molecule has 5 heteroatoms. The largest absolute Gasteiger partial charge is 0.341 e. The van der Waals surface area contributed by atoms with Gasteiger partial charge in [-0.2, -0.15) is 0 Å². The van der Waals surface area contributed by atoms with Gasteiger partial charge in [-0.05, 0) is 43.9 Å². The fraction of sp³-hybridized carbons (Fsp3) is 0.636. The first-order valence-electron chi connectivity index (χ1n) is 10.2. The molecule has 1 fully saturated rings. The molecule has 0 bridgehead atoms. The molecule has 1 saturated heterocycles. The summed E-state index contributed by atoms with van der Waals surface area (Å²) in [4.78, 5) is 31.7. The third kappa shape index (κ3) is 4.52. The van der Waals surface area contributed by atoms with Crippen LogP contribution in [0.15, 0.2) is 24.3 Å². The predicted molar refractivity (Wildman–Crippen MR) is 109 cm³/mol. The quantitative estimate of drug-likeness (QED) is 0.821. The van der Waals surface area contributed by atoms with E-state index in [-0.39, 0.29) is 23.3 Å². The van der Waals surface area contributed by atoms with E-state index in [0.29, 0.717) is 6.54 Å². The van der Waals surface area contributed by atoms with Crippen molar-refractivity contribution >= 4 is 17.5 Å². The molecule has 0 aliphatic carbocycles. The Morgan fingerprint density at radius 2 is 1.89 bits per heavy atom. The fourth-order valence-electron chi connectivity index (χ4n) is 4.26. The summed E-state index contributed by atoms with van der Waals surface area (Å²) in [6, 6.07) is 8.42. The van der Waals surface area contributed by atoms with E-state index in [0.717, 1.165) is 51.0 Å². The van der Waals surface area contributed by atoms with Gasteiger partial charge in [0.1, 0.15) is 0 Å². The molecular formula is C22H33N3O2. The lowest BCUT2D eigenvalue weighted by molar-refractivity contribution is -0.141. The van der Waals surface area contributed by atoms with Crippen molar-refractivity contribution < 1.29 is 9.59 Å². The van der Waals surface area contributed by atoms with Crippen LogP contribution in [0.25, 0.3) is 0 Å². The van der Waals surface area contributed by atoms with Gasteiger partial charge in [0.15, 0.2) is 0 Å². The average Bonchev–Trinajstić information content (AvgIpc) is 2.65. The molecule has 2 heterocycles. The Labute approximate surface area is 163 Å². The summed E-state index contributed by atoms with van der Waals surface area (Å²) in [5.41, 5.74) is 1.97. The fourth-order valence-corrected chi connectivity index (χ4v) is 4.26. The van der Waals surface area contributed by atoms with Crippen LogP contribution in [0.1, 0.15) is 45.6 Å². The van der Waals surface area contributed by atoms with Gasteiger partial charge < -0.3 is 9.80 Å². The van der Waals surface area contributed by atoms with Gasteiger partial charge in [-0.3, -0.25) is 14.5 Å². The third-order valence-electron chi connectivity index (χ3n) is 5.76. The van der Waals surface area contributed by atoms with Crippen molar-refractivity contribution in [2.45, 2.75) is 52.5 Å². The topological polar surface area (TPSA) is 43.9 Å². The number of hydrogen-bond donors (Lipinski definition) is 0. The summed E-state index contributed by atoms with van der Waals surface area (Å²) in [5, 5.41) is 0. The molecule has 3 rings (SSSR count). The minimum atomic E-state index is -0.371. The normalized spacial score (nSPS) is 20.9. The number of rotatable bonds is 3. The molecule has 2 aliphatic heterocycles. The highest BCUT2D eigenvalue weighted by Gasteiger charge is 2.33. The zero-order valence-electron chi connectivity index (χ0n) is 17.2. The van der Waals surface area contributed by atoms with E-state index >= 15 is 0 Å².